The standard InChI is InChI=1S/C61H40N2OS/c1-4-17-43(18-5-1)62(44-19-6-2-7-20-44)47-36-38-58-50(40-47)48-37-33-42(39-59(48)65-58)41-31-34-46(35-32-41)63(45-21-8-3-9-22-45)55-28-16-27-54-60(55)49-23-10-11-24-51(49)61(54)52-25-12-14-29-56(52)64-57-30-15-13-26-53(57)61/h1-40H. The molecule has 0 amide bonds. The number of nitrogens with zero attached hydrogens (tertiary/aromatic N) is 2. The third-order valence-electron chi connectivity index (χ3n) is 13.3. The lowest BCUT2D eigenvalue weighted by molar-refractivity contribution is 0.436. The van der Waals surface area contributed by atoms with Gasteiger partial charge in [-0.1, -0.05) is 152 Å². The van der Waals surface area contributed by atoms with Crippen LogP contribution >= 0.6 is 11.3 Å². The maximum Gasteiger partial charge on any atom is 0.132 e. The summed E-state index contributed by atoms with van der Waals surface area (Å²) in [5.74, 6) is 1.79. The van der Waals surface area contributed by atoms with Crippen molar-refractivity contribution in [1.82, 2.24) is 0 Å². The van der Waals surface area contributed by atoms with Crippen LogP contribution in [0.15, 0.2) is 243 Å². The van der Waals surface area contributed by atoms with Crippen molar-refractivity contribution in [3.63, 3.8) is 0 Å². The molecule has 2 heterocycles. The number of benzene rings is 10. The number of hydrogen-bond donors (Lipinski definition) is 0. The van der Waals surface area contributed by atoms with E-state index in [1.807, 2.05) is 11.3 Å². The van der Waals surface area contributed by atoms with Gasteiger partial charge < -0.3 is 14.5 Å². The van der Waals surface area contributed by atoms with E-state index in [9.17, 15) is 0 Å². The van der Waals surface area contributed by atoms with Gasteiger partial charge in [-0.05, 0) is 119 Å². The van der Waals surface area contributed by atoms with Crippen molar-refractivity contribution in [2.24, 2.45) is 0 Å². The molecule has 11 aromatic rings. The van der Waals surface area contributed by atoms with Gasteiger partial charge >= 0.3 is 0 Å². The first-order chi connectivity index (χ1) is 32.2. The molecule has 1 aliphatic carbocycles. The molecule has 0 N–H and O–H groups in total. The molecule has 0 saturated heterocycles. The molecule has 0 saturated carbocycles. The molecule has 0 atom stereocenters. The van der Waals surface area contributed by atoms with Gasteiger partial charge in [0.1, 0.15) is 11.5 Å². The lowest BCUT2D eigenvalue weighted by Gasteiger charge is -2.39. The van der Waals surface area contributed by atoms with Crippen LogP contribution in [-0.4, -0.2) is 0 Å². The second kappa shape index (κ2) is 15.0. The van der Waals surface area contributed by atoms with E-state index in [2.05, 4.69) is 252 Å². The molecule has 1 aromatic heterocycles. The number of rotatable bonds is 7. The number of thiophene rings is 1. The minimum Gasteiger partial charge on any atom is -0.457 e. The van der Waals surface area contributed by atoms with Crippen LogP contribution in [0, 0.1) is 0 Å². The Morgan fingerprint density at radius 3 is 1.52 bits per heavy atom. The summed E-state index contributed by atoms with van der Waals surface area (Å²) >= 11 is 1.86. The normalized spacial score (nSPS) is 12.9. The molecule has 1 spiro atoms. The lowest BCUT2D eigenvalue weighted by atomic mass is 9.66. The summed E-state index contributed by atoms with van der Waals surface area (Å²) in [6, 6.07) is 87.9. The van der Waals surface area contributed by atoms with E-state index in [1.165, 1.54) is 53.6 Å². The smallest absolute Gasteiger partial charge is 0.132 e. The molecule has 10 aromatic carbocycles. The van der Waals surface area contributed by atoms with Crippen molar-refractivity contribution in [3.8, 4) is 33.8 Å². The predicted molar refractivity (Wildman–Crippen MR) is 272 cm³/mol. The maximum atomic E-state index is 6.63. The summed E-state index contributed by atoms with van der Waals surface area (Å²) in [5.41, 5.74) is 15.9. The number of anilines is 6. The summed E-state index contributed by atoms with van der Waals surface area (Å²) in [6.07, 6.45) is 0. The van der Waals surface area contributed by atoms with Gasteiger partial charge in [-0.15, -0.1) is 11.3 Å². The lowest BCUT2D eigenvalue weighted by Crippen LogP contribution is -2.32. The Morgan fingerprint density at radius 2 is 0.862 bits per heavy atom. The molecule has 0 fully saturated rings. The Hall–Kier alpha value is -8.18. The second-order valence-electron chi connectivity index (χ2n) is 16.8. The summed E-state index contributed by atoms with van der Waals surface area (Å²) in [6.45, 7) is 0. The topological polar surface area (TPSA) is 15.7 Å². The van der Waals surface area contributed by atoms with E-state index < -0.39 is 5.41 Å². The van der Waals surface area contributed by atoms with Crippen molar-refractivity contribution < 1.29 is 4.74 Å². The van der Waals surface area contributed by atoms with Crippen LogP contribution < -0.4 is 14.5 Å². The summed E-state index contributed by atoms with van der Waals surface area (Å²) in [7, 11) is 0. The molecule has 65 heavy (non-hydrogen) atoms. The largest absolute Gasteiger partial charge is 0.457 e. The third kappa shape index (κ3) is 5.81. The van der Waals surface area contributed by atoms with E-state index in [1.54, 1.807) is 0 Å². The minimum atomic E-state index is -0.546. The first-order valence-corrected chi connectivity index (χ1v) is 23.0. The third-order valence-corrected chi connectivity index (χ3v) is 14.4. The highest BCUT2D eigenvalue weighted by Gasteiger charge is 2.51. The zero-order chi connectivity index (χ0) is 42.9. The highest BCUT2D eigenvalue weighted by Crippen LogP contribution is 2.64. The number of para-hydroxylation sites is 5. The second-order valence-corrected chi connectivity index (χ2v) is 17.9. The Kier molecular flexibility index (Phi) is 8.62. The number of fused-ring (bicyclic) bond motifs is 12. The minimum absolute atomic E-state index is 0.546. The van der Waals surface area contributed by atoms with Crippen LogP contribution in [0.3, 0.4) is 0 Å². The van der Waals surface area contributed by atoms with Gasteiger partial charge in [-0.3, -0.25) is 0 Å². The van der Waals surface area contributed by atoms with E-state index in [4.69, 9.17) is 4.74 Å². The van der Waals surface area contributed by atoms with Crippen LogP contribution in [0.4, 0.5) is 34.1 Å². The molecular weight excluding hydrogens is 809 g/mol. The van der Waals surface area contributed by atoms with Gasteiger partial charge in [0.2, 0.25) is 0 Å². The molecule has 13 rings (SSSR count). The van der Waals surface area contributed by atoms with Crippen molar-refractivity contribution in [3.05, 3.63) is 265 Å². The Bertz CT molecular complexity index is 3500. The van der Waals surface area contributed by atoms with Crippen LogP contribution in [0.25, 0.3) is 42.4 Å². The van der Waals surface area contributed by atoms with Crippen molar-refractivity contribution in [2.45, 2.75) is 5.41 Å². The zero-order valence-electron chi connectivity index (χ0n) is 35.3. The predicted octanol–water partition coefficient (Wildman–Crippen LogP) is 17.1. The Morgan fingerprint density at radius 1 is 0.338 bits per heavy atom. The highest BCUT2D eigenvalue weighted by molar-refractivity contribution is 7.25. The highest BCUT2D eigenvalue weighted by atomic mass is 32.1. The molecule has 0 bridgehead atoms. The molecular formula is C61H40N2OS. The van der Waals surface area contributed by atoms with E-state index >= 15 is 0 Å². The molecule has 306 valence electrons. The number of ether oxygens (including phenoxy) is 1. The van der Waals surface area contributed by atoms with E-state index in [-0.39, 0.29) is 0 Å². The Balaban J connectivity index is 0.913. The van der Waals surface area contributed by atoms with Crippen LogP contribution in [0.5, 0.6) is 11.5 Å². The van der Waals surface area contributed by atoms with Gasteiger partial charge in [0.25, 0.3) is 0 Å². The fraction of sp³-hybridized carbons (Fsp3) is 0.0164. The summed E-state index contributed by atoms with van der Waals surface area (Å²) in [5, 5.41) is 2.54. The first kappa shape index (κ1) is 37.4. The van der Waals surface area contributed by atoms with Crippen molar-refractivity contribution in [1.29, 1.82) is 0 Å². The Labute approximate surface area is 382 Å². The van der Waals surface area contributed by atoms with Crippen LogP contribution in [0.2, 0.25) is 0 Å². The van der Waals surface area contributed by atoms with Gasteiger partial charge in [0.15, 0.2) is 0 Å². The molecule has 1 aliphatic heterocycles. The fourth-order valence-electron chi connectivity index (χ4n) is 10.6. The van der Waals surface area contributed by atoms with Gasteiger partial charge in [0, 0.05) is 65.3 Å². The first-order valence-electron chi connectivity index (χ1n) is 22.2. The van der Waals surface area contributed by atoms with Crippen LogP contribution in [0.1, 0.15) is 22.3 Å². The fourth-order valence-corrected chi connectivity index (χ4v) is 11.7. The van der Waals surface area contributed by atoms with Crippen molar-refractivity contribution in [2.75, 3.05) is 9.80 Å². The SMILES string of the molecule is c1ccc(N(c2ccccc2)c2ccc3sc4cc(-c5ccc(N(c6ccccc6)c6cccc7c6-c6ccccc6C76c7ccccc7Oc7ccccc76)cc5)ccc4c3c2)cc1. The zero-order valence-corrected chi connectivity index (χ0v) is 36.1. The monoisotopic (exact) mass is 848 g/mol. The van der Waals surface area contributed by atoms with Gasteiger partial charge in [0.05, 0.1) is 11.1 Å². The average Bonchev–Trinajstić information content (AvgIpc) is 3.89. The summed E-state index contributed by atoms with van der Waals surface area (Å²) in [4.78, 5) is 4.76. The quantitative estimate of drug-likeness (QED) is 0.159. The molecule has 0 radical (unpaired) electrons. The van der Waals surface area contributed by atoms with Gasteiger partial charge in [-0.2, -0.15) is 0 Å². The van der Waals surface area contributed by atoms with Crippen molar-refractivity contribution >= 4 is 65.6 Å². The number of hydrogen-bond acceptors (Lipinski definition) is 4. The average molecular weight is 849 g/mol. The van der Waals surface area contributed by atoms with E-state index in [0.29, 0.717) is 0 Å². The van der Waals surface area contributed by atoms with Gasteiger partial charge in [-0.25, -0.2) is 0 Å². The van der Waals surface area contributed by atoms with Crippen LogP contribution in [-0.2, 0) is 5.41 Å². The summed E-state index contributed by atoms with van der Waals surface area (Å²) < 4.78 is 9.19. The molecule has 2 aliphatic rings. The maximum absolute atomic E-state index is 6.63. The van der Waals surface area contributed by atoms with E-state index in [0.717, 1.165) is 56.8 Å². The molecule has 0 unspecified atom stereocenters. The molecule has 3 nitrogen and oxygen atoms in total. The molecule has 4 heteroatoms.